The van der Waals surface area contributed by atoms with E-state index in [4.69, 9.17) is 0 Å². The summed E-state index contributed by atoms with van der Waals surface area (Å²) in [4.78, 5) is 10.6. The van der Waals surface area contributed by atoms with Crippen molar-refractivity contribution in [1.82, 2.24) is 0 Å². The minimum absolute atomic E-state index is 0.110. The maximum Gasteiger partial charge on any atom is 0.422 e. The molecule has 0 saturated carbocycles. The Morgan fingerprint density at radius 2 is 0.576 bits per heavy atom. The van der Waals surface area contributed by atoms with Crippen molar-refractivity contribution in [2.75, 3.05) is 19.2 Å². The van der Waals surface area contributed by atoms with Crippen LogP contribution < -0.4 is 30.2 Å². The number of para-hydroxylation sites is 4. The first kappa shape index (κ1) is 32.8. The largest absolute Gasteiger partial charge is 0.422 e. The lowest BCUT2D eigenvalue weighted by Crippen LogP contribution is -2.56. The summed E-state index contributed by atoms with van der Waals surface area (Å²) in [5.41, 5.74) is 19.8. The Morgan fingerprint density at radius 3 is 0.983 bits per heavy atom. The van der Waals surface area contributed by atoms with Crippen LogP contribution in [-0.4, -0.2) is 14.0 Å². The molecule has 0 amide bonds. The quantitative estimate of drug-likeness (QED) is 0.165. The number of nitrogens with zero attached hydrogens (tertiary/aromatic N) is 4. The summed E-state index contributed by atoms with van der Waals surface area (Å²) in [6.07, 6.45) is 0. The zero-order valence-corrected chi connectivity index (χ0v) is 32.8. The average molecular weight is 769 g/mol. The number of rotatable bonds is 4. The highest BCUT2D eigenvalue weighted by Gasteiger charge is 2.57. The first-order chi connectivity index (χ1) is 29.3. The number of fused-ring (bicyclic) bond motifs is 17. The molecule has 0 aliphatic carbocycles. The van der Waals surface area contributed by atoms with Crippen LogP contribution in [0.3, 0.4) is 0 Å². The number of thiophene rings is 1. The lowest BCUT2D eigenvalue weighted by Gasteiger charge is -2.37. The summed E-state index contributed by atoms with van der Waals surface area (Å²) in [6.45, 7) is -0.221. The molecular weight excluding hydrogens is 734 g/mol. The maximum absolute atomic E-state index is 2.68. The Morgan fingerprint density at radius 1 is 0.271 bits per heavy atom. The van der Waals surface area contributed by atoms with Crippen LogP contribution in [0.2, 0.25) is 0 Å². The molecule has 0 bridgehead atoms. The molecule has 0 N–H and O–H groups in total. The van der Waals surface area contributed by atoms with E-state index < -0.39 is 0 Å². The van der Waals surface area contributed by atoms with E-state index in [-0.39, 0.29) is 14.0 Å². The minimum Gasteiger partial charge on any atom is -0.357 e. The van der Waals surface area contributed by atoms with Gasteiger partial charge in [-0.15, -0.1) is 0 Å². The zero-order chi connectivity index (χ0) is 38.6. The number of hydrogen-bond acceptors (Lipinski definition) is 5. The fraction of sp³-hybridized carbons (Fsp3) is 0. The van der Waals surface area contributed by atoms with E-state index in [0.29, 0.717) is 0 Å². The number of anilines is 8. The zero-order valence-electron chi connectivity index (χ0n) is 32.0. The Hall–Kier alpha value is -7.21. The van der Waals surface area contributed by atoms with Gasteiger partial charge in [-0.1, -0.05) is 193 Å². The van der Waals surface area contributed by atoms with Crippen molar-refractivity contribution in [3.05, 3.63) is 206 Å². The third kappa shape index (κ3) is 4.56. The monoisotopic (exact) mass is 768 g/mol. The Kier molecular flexibility index (Phi) is 7.04. The van der Waals surface area contributed by atoms with E-state index in [2.05, 4.69) is 226 Å². The van der Waals surface area contributed by atoms with Crippen LogP contribution in [0, 0.1) is 0 Å². The summed E-state index contributed by atoms with van der Waals surface area (Å²) < 4.78 is 0. The van der Waals surface area contributed by atoms with Crippen LogP contribution in [0.5, 0.6) is 0 Å². The van der Waals surface area contributed by atoms with Crippen LogP contribution in [-0.2, 0) is 0 Å². The van der Waals surface area contributed by atoms with Crippen LogP contribution in [0.15, 0.2) is 206 Å². The van der Waals surface area contributed by atoms with E-state index in [9.17, 15) is 0 Å². The molecule has 4 nitrogen and oxygen atoms in total. The van der Waals surface area contributed by atoms with Gasteiger partial charge in [0.15, 0.2) is 0 Å². The molecule has 0 fully saturated rings. The second-order valence-corrected chi connectivity index (χ2v) is 16.6. The molecule has 8 aromatic carbocycles. The molecule has 0 spiro atoms. The van der Waals surface area contributed by atoms with Gasteiger partial charge in [0, 0.05) is 45.0 Å². The summed E-state index contributed by atoms with van der Waals surface area (Å²) >= 11 is 1.93. The van der Waals surface area contributed by atoms with Crippen LogP contribution in [0.25, 0.3) is 44.5 Å². The van der Waals surface area contributed by atoms with Crippen molar-refractivity contribution in [3.8, 4) is 44.5 Å². The van der Waals surface area contributed by atoms with Gasteiger partial charge in [0.2, 0.25) is 0 Å². The van der Waals surface area contributed by atoms with Crippen molar-refractivity contribution in [3.63, 3.8) is 0 Å². The highest BCUT2D eigenvalue weighted by molar-refractivity contribution is 7.25. The van der Waals surface area contributed by atoms with Gasteiger partial charge >= 0.3 is 14.0 Å². The van der Waals surface area contributed by atoms with Gasteiger partial charge in [-0.05, 0) is 57.4 Å². The second kappa shape index (κ2) is 12.6. The Bertz CT molecular complexity index is 2920. The summed E-state index contributed by atoms with van der Waals surface area (Å²) in [5, 5.41) is 2.50. The summed E-state index contributed by atoms with van der Waals surface area (Å²) in [6, 6.07) is 75.9. The van der Waals surface area contributed by atoms with Crippen molar-refractivity contribution in [2.24, 2.45) is 0 Å². The highest BCUT2D eigenvalue weighted by Crippen LogP contribution is 2.67. The van der Waals surface area contributed by atoms with Gasteiger partial charge in [-0.2, -0.15) is 0 Å². The average Bonchev–Trinajstić information content (AvgIpc) is 3.96. The lowest BCUT2D eigenvalue weighted by atomic mass is 9.59. The smallest absolute Gasteiger partial charge is 0.357 e. The van der Waals surface area contributed by atoms with Crippen molar-refractivity contribution in [1.29, 1.82) is 0 Å². The van der Waals surface area contributed by atoms with Gasteiger partial charge in [0.05, 0.1) is 11.4 Å². The van der Waals surface area contributed by atoms with Gasteiger partial charge in [0.1, 0.15) is 10.0 Å². The molecule has 7 heteroatoms. The number of hydrogen-bond donors (Lipinski definition) is 0. The molecule has 0 radical (unpaired) electrons. The molecule has 13 rings (SSSR count). The maximum atomic E-state index is 2.68. The fourth-order valence-electron chi connectivity index (χ4n) is 10.2. The predicted molar refractivity (Wildman–Crippen MR) is 251 cm³/mol. The molecule has 4 aliphatic heterocycles. The normalized spacial score (nSPS) is 13.9. The van der Waals surface area contributed by atoms with E-state index in [1.165, 1.54) is 99.6 Å². The first-order valence-electron chi connectivity index (χ1n) is 20.3. The highest BCUT2D eigenvalue weighted by atomic mass is 32.1. The second-order valence-electron chi connectivity index (χ2n) is 15.6. The van der Waals surface area contributed by atoms with Crippen LogP contribution >= 0.6 is 11.3 Å². The summed E-state index contributed by atoms with van der Waals surface area (Å²) in [7, 11) is 0. The lowest BCUT2D eigenvalue weighted by molar-refractivity contribution is 1.36. The molecule has 59 heavy (non-hydrogen) atoms. The predicted octanol–water partition coefficient (Wildman–Crippen LogP) is 12.4. The topological polar surface area (TPSA) is 13.0 Å². The first-order valence-corrected chi connectivity index (χ1v) is 21.2. The van der Waals surface area contributed by atoms with Gasteiger partial charge in [0.25, 0.3) is 0 Å². The molecular formula is C52H34B2N4S. The third-order valence-corrected chi connectivity index (χ3v) is 13.8. The van der Waals surface area contributed by atoms with Crippen LogP contribution in [0.4, 0.5) is 44.1 Å². The van der Waals surface area contributed by atoms with Crippen molar-refractivity contribution >= 4 is 80.4 Å². The molecule has 9 aromatic rings. The van der Waals surface area contributed by atoms with Gasteiger partial charge in [-0.3, -0.25) is 0 Å². The Labute approximate surface area is 348 Å². The van der Waals surface area contributed by atoms with Gasteiger partial charge in [-0.25, -0.2) is 0 Å². The molecule has 274 valence electrons. The molecule has 0 atom stereocenters. The van der Waals surface area contributed by atoms with E-state index in [1.54, 1.807) is 0 Å². The van der Waals surface area contributed by atoms with Crippen molar-refractivity contribution in [2.45, 2.75) is 0 Å². The third-order valence-electron chi connectivity index (χ3n) is 12.6. The van der Waals surface area contributed by atoms with E-state index >= 15 is 0 Å². The van der Waals surface area contributed by atoms with Crippen LogP contribution in [0.1, 0.15) is 0 Å². The Balaban J connectivity index is 1.17. The number of benzene rings is 8. The van der Waals surface area contributed by atoms with E-state index in [1.807, 2.05) is 11.3 Å². The molecule has 0 unspecified atom stereocenters. The SMILES string of the molecule is c1ccc(-c2ccccc2N2B3c4ccccc4-c4ccccc4N3c3sc4c(c32)N(c2ccccc2-c2ccccc2)B2c3ccccc3-c3ccccc3N24)cc1. The van der Waals surface area contributed by atoms with E-state index in [0.717, 1.165) is 0 Å². The molecule has 1 aromatic heterocycles. The molecule has 4 aliphatic rings. The van der Waals surface area contributed by atoms with Gasteiger partial charge < -0.3 is 19.2 Å². The minimum atomic E-state index is -0.110. The van der Waals surface area contributed by atoms with Crippen molar-refractivity contribution < 1.29 is 0 Å². The summed E-state index contributed by atoms with van der Waals surface area (Å²) in [5.74, 6) is 0. The standard InChI is InChI=1S/C52H34B2N4S/c1-3-19-35(20-4-1)37-23-9-15-31-45(37)55-49-50-52(59-51(49)57-47-33-17-11-27-41(47)39-25-7-13-29-43(39)53(55)57)58-48-34-18-12-28-42(48)40-26-8-14-30-44(40)54(58)56(50)46-32-16-10-24-38(46)36-21-5-2-6-22-36/h1-34H. The molecule has 5 heterocycles. The molecule has 0 saturated heterocycles. The fourth-order valence-corrected chi connectivity index (χ4v) is 11.6.